The van der Waals surface area contributed by atoms with Crippen molar-refractivity contribution in [3.63, 3.8) is 0 Å². The molecule has 1 amide bonds. The van der Waals surface area contributed by atoms with Gasteiger partial charge >= 0.3 is 0 Å². The van der Waals surface area contributed by atoms with Crippen LogP contribution in [-0.2, 0) is 11.2 Å². The first-order valence-corrected chi connectivity index (χ1v) is 9.10. The molecule has 1 unspecified atom stereocenters. The summed E-state index contributed by atoms with van der Waals surface area (Å²) in [6, 6.07) is 9.80. The van der Waals surface area contributed by atoms with Crippen LogP contribution in [0.3, 0.4) is 0 Å². The number of benzene rings is 1. The van der Waals surface area contributed by atoms with Gasteiger partial charge in [0.2, 0.25) is 5.91 Å². The van der Waals surface area contributed by atoms with Gasteiger partial charge in [-0.25, -0.2) is 0 Å². The Balaban J connectivity index is 1.49. The molecule has 4 nitrogen and oxygen atoms in total. The molecule has 1 heterocycles. The van der Waals surface area contributed by atoms with Crippen molar-refractivity contribution in [2.24, 2.45) is 11.7 Å². The van der Waals surface area contributed by atoms with Crippen LogP contribution in [0, 0.1) is 5.92 Å². The molecule has 128 valence electrons. The Morgan fingerprint density at radius 3 is 2.83 bits per heavy atom. The lowest BCUT2D eigenvalue weighted by atomic mass is 9.85. The highest BCUT2D eigenvalue weighted by Crippen LogP contribution is 2.26. The molecule has 0 saturated heterocycles. The summed E-state index contributed by atoms with van der Waals surface area (Å²) in [6.07, 6.45) is 9.75. The van der Waals surface area contributed by atoms with Gasteiger partial charge in [0, 0.05) is 18.1 Å². The molecule has 0 bridgehead atoms. The first-order chi connectivity index (χ1) is 11.7. The van der Waals surface area contributed by atoms with Crippen LogP contribution in [-0.4, -0.2) is 23.5 Å². The lowest BCUT2D eigenvalue weighted by Crippen LogP contribution is -2.42. The Morgan fingerprint density at radius 1 is 1.21 bits per heavy atom. The number of para-hydroxylation sites is 1. The number of pyridine rings is 1. The van der Waals surface area contributed by atoms with Crippen LogP contribution < -0.4 is 11.1 Å². The fraction of sp³-hybridized carbons (Fsp3) is 0.500. The zero-order chi connectivity index (χ0) is 16.8. The largest absolute Gasteiger partial charge is 0.354 e. The second-order valence-electron chi connectivity index (χ2n) is 6.88. The predicted molar refractivity (Wildman–Crippen MR) is 97.6 cm³/mol. The molecule has 2 aromatic rings. The Labute approximate surface area is 143 Å². The van der Waals surface area contributed by atoms with Crippen molar-refractivity contribution in [2.45, 2.75) is 51.0 Å². The van der Waals surface area contributed by atoms with Crippen molar-refractivity contribution in [1.82, 2.24) is 10.3 Å². The minimum atomic E-state index is -0.376. The van der Waals surface area contributed by atoms with Crippen LogP contribution in [0.5, 0.6) is 0 Å². The number of nitrogens with zero attached hydrogens (tertiary/aromatic N) is 1. The highest BCUT2D eigenvalue weighted by molar-refractivity contribution is 5.82. The maximum Gasteiger partial charge on any atom is 0.236 e. The zero-order valence-corrected chi connectivity index (χ0v) is 14.2. The van der Waals surface area contributed by atoms with Gasteiger partial charge in [-0.3, -0.25) is 9.78 Å². The number of nitrogens with two attached hydrogens (primary N) is 1. The average Bonchev–Trinajstić information content (AvgIpc) is 2.62. The number of carbonyl (C=O) groups is 1. The zero-order valence-electron chi connectivity index (χ0n) is 14.2. The van der Waals surface area contributed by atoms with E-state index >= 15 is 0 Å². The molecule has 1 aliphatic carbocycles. The second kappa shape index (κ2) is 8.25. The molecule has 1 aromatic heterocycles. The smallest absolute Gasteiger partial charge is 0.236 e. The van der Waals surface area contributed by atoms with Gasteiger partial charge in [-0.2, -0.15) is 0 Å². The van der Waals surface area contributed by atoms with E-state index in [9.17, 15) is 4.79 Å². The molecule has 1 atom stereocenters. The lowest BCUT2D eigenvalue weighted by molar-refractivity contribution is -0.122. The monoisotopic (exact) mass is 325 g/mol. The number of fused-ring (bicyclic) bond motifs is 1. The molecule has 1 aromatic carbocycles. The van der Waals surface area contributed by atoms with Crippen LogP contribution in [0.1, 0.15) is 44.1 Å². The fourth-order valence-electron chi connectivity index (χ4n) is 3.71. The summed E-state index contributed by atoms with van der Waals surface area (Å²) in [7, 11) is 0. The summed E-state index contributed by atoms with van der Waals surface area (Å²) >= 11 is 0. The molecule has 0 aliphatic heterocycles. The molecule has 0 spiro atoms. The Morgan fingerprint density at radius 2 is 2.00 bits per heavy atom. The molecule has 1 aliphatic rings. The number of hydrogen-bond acceptors (Lipinski definition) is 3. The van der Waals surface area contributed by atoms with Gasteiger partial charge in [-0.05, 0) is 30.4 Å². The van der Waals surface area contributed by atoms with E-state index in [2.05, 4.69) is 28.5 Å². The Hall–Kier alpha value is -1.94. The standard InChI is InChI=1S/C20H27N3O/c21-18(14-15-6-2-1-3-7-15)20(24)23-13-11-17-9-4-8-16-10-5-12-22-19(16)17/h4-5,8-10,12,15,18H,1-3,6-7,11,13-14,21H2,(H,23,24). The topological polar surface area (TPSA) is 68.0 Å². The lowest BCUT2D eigenvalue weighted by Gasteiger charge is -2.24. The van der Waals surface area contributed by atoms with Gasteiger partial charge in [0.15, 0.2) is 0 Å². The molecule has 3 rings (SSSR count). The minimum absolute atomic E-state index is 0.0197. The number of amides is 1. The summed E-state index contributed by atoms with van der Waals surface area (Å²) in [5, 5.41) is 4.13. The highest BCUT2D eigenvalue weighted by atomic mass is 16.2. The van der Waals surface area contributed by atoms with E-state index in [0.717, 1.165) is 29.3 Å². The van der Waals surface area contributed by atoms with Gasteiger partial charge in [0.05, 0.1) is 11.6 Å². The third-order valence-electron chi connectivity index (χ3n) is 5.06. The molecule has 4 heteroatoms. The third-order valence-corrected chi connectivity index (χ3v) is 5.06. The number of nitrogens with one attached hydrogen (secondary N) is 1. The van der Waals surface area contributed by atoms with E-state index in [1.807, 2.05) is 18.3 Å². The van der Waals surface area contributed by atoms with E-state index in [0.29, 0.717) is 12.5 Å². The summed E-state index contributed by atoms with van der Waals surface area (Å²) < 4.78 is 0. The van der Waals surface area contributed by atoms with E-state index in [1.54, 1.807) is 0 Å². The first-order valence-electron chi connectivity index (χ1n) is 9.10. The molecule has 0 radical (unpaired) electrons. The summed E-state index contributed by atoms with van der Waals surface area (Å²) in [4.78, 5) is 16.7. The van der Waals surface area contributed by atoms with Crippen molar-refractivity contribution in [2.75, 3.05) is 6.54 Å². The summed E-state index contributed by atoms with van der Waals surface area (Å²) in [5.74, 6) is 0.607. The predicted octanol–water partition coefficient (Wildman–Crippen LogP) is 3.19. The van der Waals surface area contributed by atoms with Crippen LogP contribution in [0.2, 0.25) is 0 Å². The summed E-state index contributed by atoms with van der Waals surface area (Å²) in [6.45, 7) is 0.604. The number of carbonyl (C=O) groups excluding carboxylic acids is 1. The summed E-state index contributed by atoms with van der Waals surface area (Å²) in [5.41, 5.74) is 8.27. The van der Waals surface area contributed by atoms with Gasteiger partial charge in [-0.15, -0.1) is 0 Å². The SMILES string of the molecule is NC(CC1CCCCC1)C(=O)NCCc1cccc2cccnc12. The van der Waals surface area contributed by atoms with E-state index in [1.165, 1.54) is 32.1 Å². The molecule has 1 fully saturated rings. The van der Waals surface area contributed by atoms with Gasteiger partial charge in [0.1, 0.15) is 0 Å². The highest BCUT2D eigenvalue weighted by Gasteiger charge is 2.20. The van der Waals surface area contributed by atoms with Gasteiger partial charge in [-0.1, -0.05) is 56.4 Å². The molecule has 24 heavy (non-hydrogen) atoms. The number of hydrogen-bond donors (Lipinski definition) is 2. The first kappa shape index (κ1) is 16.9. The van der Waals surface area contributed by atoms with Crippen molar-refractivity contribution < 1.29 is 4.79 Å². The van der Waals surface area contributed by atoms with E-state index in [-0.39, 0.29) is 11.9 Å². The Bertz CT molecular complexity index is 674. The van der Waals surface area contributed by atoms with Gasteiger partial charge < -0.3 is 11.1 Å². The van der Waals surface area contributed by atoms with Gasteiger partial charge in [0.25, 0.3) is 0 Å². The van der Waals surface area contributed by atoms with Crippen LogP contribution in [0.4, 0.5) is 0 Å². The molecule has 1 saturated carbocycles. The Kier molecular flexibility index (Phi) is 5.81. The van der Waals surface area contributed by atoms with E-state index < -0.39 is 0 Å². The third kappa shape index (κ3) is 4.32. The quantitative estimate of drug-likeness (QED) is 0.857. The van der Waals surface area contributed by atoms with Crippen molar-refractivity contribution in [3.8, 4) is 0 Å². The molecule has 3 N–H and O–H groups in total. The van der Waals surface area contributed by atoms with E-state index in [4.69, 9.17) is 5.73 Å². The minimum Gasteiger partial charge on any atom is -0.354 e. The van der Waals surface area contributed by atoms with Crippen LogP contribution >= 0.6 is 0 Å². The maximum absolute atomic E-state index is 12.2. The fourth-order valence-corrected chi connectivity index (χ4v) is 3.71. The van der Waals surface area contributed by atoms with Crippen LogP contribution in [0.25, 0.3) is 10.9 Å². The van der Waals surface area contributed by atoms with Crippen molar-refractivity contribution in [1.29, 1.82) is 0 Å². The van der Waals surface area contributed by atoms with Crippen molar-refractivity contribution in [3.05, 3.63) is 42.1 Å². The van der Waals surface area contributed by atoms with Crippen molar-refractivity contribution >= 4 is 16.8 Å². The average molecular weight is 325 g/mol. The number of rotatable bonds is 6. The number of aromatic nitrogens is 1. The maximum atomic E-state index is 12.2. The normalized spacial score (nSPS) is 16.9. The second-order valence-corrected chi connectivity index (χ2v) is 6.88. The molecular weight excluding hydrogens is 298 g/mol. The van der Waals surface area contributed by atoms with Crippen LogP contribution in [0.15, 0.2) is 36.5 Å². The molecular formula is C20H27N3O.